The number of amides is 1. The van der Waals surface area contributed by atoms with E-state index in [2.05, 4.69) is 25.2 Å². The second-order valence-corrected chi connectivity index (χ2v) is 8.88. The van der Waals surface area contributed by atoms with Gasteiger partial charge in [-0.25, -0.2) is 4.68 Å². The lowest BCUT2D eigenvalue weighted by Crippen LogP contribution is -2.50. The Bertz CT molecular complexity index is 1110. The van der Waals surface area contributed by atoms with E-state index in [9.17, 15) is 9.59 Å². The van der Waals surface area contributed by atoms with E-state index in [0.717, 1.165) is 18.7 Å². The molecule has 1 aromatic carbocycles. The van der Waals surface area contributed by atoms with Crippen molar-refractivity contribution in [3.8, 4) is 0 Å². The minimum atomic E-state index is -0.272. The van der Waals surface area contributed by atoms with Gasteiger partial charge in [-0.05, 0) is 26.3 Å². The predicted octanol–water partition coefficient (Wildman–Crippen LogP) is 1.31. The highest BCUT2D eigenvalue weighted by Crippen LogP contribution is 2.20. The molecule has 1 fully saturated rings. The molecule has 0 radical (unpaired) electrons. The number of nitrogens with one attached hydrogen (secondary N) is 2. The van der Waals surface area contributed by atoms with Gasteiger partial charge < -0.3 is 10.2 Å². The molecule has 0 atom stereocenters. The zero-order valence-corrected chi connectivity index (χ0v) is 18.3. The van der Waals surface area contributed by atoms with Gasteiger partial charge in [0.1, 0.15) is 5.39 Å². The number of hydrogen-bond acceptors (Lipinski definition) is 6. The van der Waals surface area contributed by atoms with Gasteiger partial charge in [-0.1, -0.05) is 30.3 Å². The molecular weight excluding hydrogens is 394 g/mol. The van der Waals surface area contributed by atoms with Gasteiger partial charge in [0, 0.05) is 32.7 Å². The zero-order chi connectivity index (χ0) is 22.0. The number of benzene rings is 1. The Morgan fingerprint density at radius 2 is 1.84 bits per heavy atom. The van der Waals surface area contributed by atoms with E-state index >= 15 is 0 Å². The van der Waals surface area contributed by atoms with Crippen LogP contribution in [0, 0.1) is 0 Å². The summed E-state index contributed by atoms with van der Waals surface area (Å²) in [6, 6.07) is 9.88. The average molecular weight is 424 g/mol. The van der Waals surface area contributed by atoms with Gasteiger partial charge >= 0.3 is 0 Å². The fourth-order valence-electron chi connectivity index (χ4n) is 3.72. The van der Waals surface area contributed by atoms with Crippen molar-refractivity contribution in [2.45, 2.75) is 32.9 Å². The number of carbonyl (C=O) groups is 1. The third-order valence-corrected chi connectivity index (χ3v) is 5.43. The molecule has 1 aliphatic rings. The van der Waals surface area contributed by atoms with E-state index in [0.29, 0.717) is 43.2 Å². The summed E-state index contributed by atoms with van der Waals surface area (Å²) < 4.78 is 1.79. The second-order valence-electron chi connectivity index (χ2n) is 8.88. The Morgan fingerprint density at radius 3 is 2.52 bits per heavy atom. The third kappa shape index (κ3) is 4.77. The van der Waals surface area contributed by atoms with Crippen LogP contribution in [0.25, 0.3) is 11.0 Å². The summed E-state index contributed by atoms with van der Waals surface area (Å²) in [5, 5.41) is 7.82. The van der Waals surface area contributed by atoms with E-state index < -0.39 is 0 Å². The molecule has 2 aromatic heterocycles. The van der Waals surface area contributed by atoms with Gasteiger partial charge in [0.2, 0.25) is 11.9 Å². The fourth-order valence-corrected chi connectivity index (χ4v) is 3.72. The van der Waals surface area contributed by atoms with Crippen molar-refractivity contribution in [3.05, 3.63) is 52.4 Å². The summed E-state index contributed by atoms with van der Waals surface area (Å²) in [4.78, 5) is 36.6. The number of aromatic amines is 1. The molecule has 0 bridgehead atoms. The first kappa shape index (κ1) is 21.0. The van der Waals surface area contributed by atoms with Crippen molar-refractivity contribution in [1.29, 1.82) is 0 Å². The summed E-state index contributed by atoms with van der Waals surface area (Å²) in [6.45, 7) is 9.80. The molecule has 0 aliphatic carbocycles. The fraction of sp³-hybridized carbons (Fsp3) is 0.455. The van der Waals surface area contributed by atoms with Crippen molar-refractivity contribution in [1.82, 2.24) is 30.0 Å². The molecule has 0 unspecified atom stereocenters. The van der Waals surface area contributed by atoms with Gasteiger partial charge in [0.05, 0.1) is 18.3 Å². The Morgan fingerprint density at radius 1 is 1.13 bits per heavy atom. The van der Waals surface area contributed by atoms with E-state index in [1.165, 1.54) is 0 Å². The summed E-state index contributed by atoms with van der Waals surface area (Å²) in [5.74, 6) is 0.566. The highest BCUT2D eigenvalue weighted by molar-refractivity contribution is 5.78. The van der Waals surface area contributed by atoms with Gasteiger partial charge in [0.15, 0.2) is 5.65 Å². The summed E-state index contributed by atoms with van der Waals surface area (Å²) in [5.41, 5.74) is 1.22. The van der Waals surface area contributed by atoms with Crippen LogP contribution in [0.2, 0.25) is 0 Å². The molecule has 3 aromatic rings. The lowest BCUT2D eigenvalue weighted by molar-refractivity contribution is -0.122. The van der Waals surface area contributed by atoms with Crippen molar-refractivity contribution < 1.29 is 4.79 Å². The number of fused-ring (bicyclic) bond motifs is 1. The topological polar surface area (TPSA) is 99.2 Å². The first-order valence-corrected chi connectivity index (χ1v) is 10.6. The number of hydrogen-bond donors (Lipinski definition) is 2. The Labute approximate surface area is 181 Å². The molecule has 0 saturated carbocycles. The van der Waals surface area contributed by atoms with Crippen molar-refractivity contribution in [3.63, 3.8) is 0 Å². The summed E-state index contributed by atoms with van der Waals surface area (Å²) >= 11 is 0. The van der Waals surface area contributed by atoms with Gasteiger partial charge in [-0.15, -0.1) is 0 Å². The molecule has 3 heterocycles. The van der Waals surface area contributed by atoms with Crippen LogP contribution in [0.15, 0.2) is 41.3 Å². The molecule has 164 valence electrons. The maximum atomic E-state index is 12.5. The lowest BCUT2D eigenvalue weighted by atomic mass is 10.1. The normalized spacial score (nSPS) is 15.4. The summed E-state index contributed by atoms with van der Waals surface area (Å²) in [6.07, 6.45) is 1.57. The van der Waals surface area contributed by atoms with Gasteiger partial charge in [0.25, 0.3) is 5.56 Å². The van der Waals surface area contributed by atoms with E-state index in [4.69, 9.17) is 4.98 Å². The smallest absolute Gasteiger partial charge is 0.263 e. The van der Waals surface area contributed by atoms with Gasteiger partial charge in [-0.2, -0.15) is 10.1 Å². The Kier molecular flexibility index (Phi) is 5.77. The average Bonchev–Trinajstić information content (AvgIpc) is 3.19. The maximum Gasteiger partial charge on any atom is 0.263 e. The Hall–Kier alpha value is -3.20. The van der Waals surface area contributed by atoms with E-state index in [1.807, 2.05) is 51.1 Å². The number of aromatic nitrogens is 4. The minimum absolute atomic E-state index is 0.0133. The summed E-state index contributed by atoms with van der Waals surface area (Å²) in [7, 11) is 0. The molecule has 31 heavy (non-hydrogen) atoms. The Balaban J connectivity index is 1.37. The predicted molar refractivity (Wildman–Crippen MR) is 120 cm³/mol. The molecular formula is C22H29N7O2. The molecule has 2 N–H and O–H groups in total. The van der Waals surface area contributed by atoms with Crippen LogP contribution < -0.4 is 15.8 Å². The van der Waals surface area contributed by atoms with Crippen LogP contribution in [0.1, 0.15) is 26.3 Å². The van der Waals surface area contributed by atoms with Crippen LogP contribution in [-0.2, 0) is 16.9 Å². The number of carbonyl (C=O) groups excluding carboxylic acids is 1. The molecule has 0 spiro atoms. The van der Waals surface area contributed by atoms with Crippen molar-refractivity contribution in [2.24, 2.45) is 0 Å². The lowest BCUT2D eigenvalue weighted by Gasteiger charge is -2.34. The quantitative estimate of drug-likeness (QED) is 0.642. The second kappa shape index (κ2) is 8.50. The number of nitrogens with zero attached hydrogens (tertiary/aromatic N) is 5. The number of anilines is 1. The minimum Gasteiger partial charge on any atom is -0.351 e. The van der Waals surface area contributed by atoms with Gasteiger partial charge in [-0.3, -0.25) is 19.5 Å². The first-order chi connectivity index (χ1) is 14.8. The molecule has 1 amide bonds. The highest BCUT2D eigenvalue weighted by Gasteiger charge is 2.24. The molecule has 4 rings (SSSR count). The third-order valence-electron chi connectivity index (χ3n) is 5.43. The van der Waals surface area contributed by atoms with Crippen LogP contribution in [-0.4, -0.2) is 63.3 Å². The molecule has 9 heteroatoms. The van der Waals surface area contributed by atoms with Crippen LogP contribution in [0.4, 0.5) is 5.95 Å². The maximum absolute atomic E-state index is 12.5. The zero-order valence-electron chi connectivity index (χ0n) is 18.3. The first-order valence-electron chi connectivity index (χ1n) is 10.6. The monoisotopic (exact) mass is 423 g/mol. The van der Waals surface area contributed by atoms with Crippen LogP contribution in [0.5, 0.6) is 0 Å². The number of piperazine rings is 1. The van der Waals surface area contributed by atoms with E-state index in [-0.39, 0.29) is 17.0 Å². The van der Waals surface area contributed by atoms with Crippen LogP contribution in [0.3, 0.4) is 0 Å². The number of H-pyrrole nitrogens is 1. The SMILES string of the molecule is CC(C)(C)n1ncc2c(=O)[nH]c(N3CCN(CC(=O)NCc4ccccc4)CC3)nc21. The largest absolute Gasteiger partial charge is 0.351 e. The standard InChI is InChI=1S/C22H29N7O2/c1-22(2,3)29-19-17(14-24-29)20(31)26-21(25-19)28-11-9-27(10-12-28)15-18(30)23-13-16-7-5-4-6-8-16/h4-8,14H,9-13,15H2,1-3H3,(H,23,30)(H,25,26,31). The van der Waals surface area contributed by atoms with E-state index in [1.54, 1.807) is 10.9 Å². The highest BCUT2D eigenvalue weighted by atomic mass is 16.2. The molecule has 1 saturated heterocycles. The molecule has 1 aliphatic heterocycles. The van der Waals surface area contributed by atoms with Crippen LogP contribution >= 0.6 is 0 Å². The van der Waals surface area contributed by atoms with Crippen molar-refractivity contribution >= 4 is 22.9 Å². The number of rotatable bonds is 5. The van der Waals surface area contributed by atoms with Crippen molar-refractivity contribution in [2.75, 3.05) is 37.6 Å². The molecule has 9 nitrogen and oxygen atoms in total.